The first-order chi connectivity index (χ1) is 8.45. The molecule has 7 heteroatoms. The zero-order chi connectivity index (χ0) is 13.2. The van der Waals surface area contributed by atoms with Crippen molar-refractivity contribution in [3.63, 3.8) is 0 Å². The van der Waals surface area contributed by atoms with Gasteiger partial charge in [-0.05, 0) is 12.1 Å². The number of sulfonamides is 1. The molecule has 2 N–H and O–H groups in total. The second kappa shape index (κ2) is 5.21. The van der Waals surface area contributed by atoms with E-state index in [9.17, 15) is 8.42 Å². The largest absolute Gasteiger partial charge is 0.384 e. The van der Waals surface area contributed by atoms with E-state index in [1.165, 1.54) is 10.6 Å². The van der Waals surface area contributed by atoms with Crippen LogP contribution in [0.4, 0.5) is 5.82 Å². The monoisotopic (exact) mass is 270 g/mol. The molecule has 1 aromatic rings. The first-order valence-corrected chi connectivity index (χ1v) is 7.69. The van der Waals surface area contributed by atoms with Crippen LogP contribution < -0.4 is 5.73 Å². The van der Waals surface area contributed by atoms with Crippen molar-refractivity contribution < 1.29 is 8.42 Å². The third-order valence-electron chi connectivity index (χ3n) is 3.01. The molecule has 18 heavy (non-hydrogen) atoms. The van der Waals surface area contributed by atoms with E-state index in [4.69, 9.17) is 5.73 Å². The molecule has 0 aliphatic carbocycles. The van der Waals surface area contributed by atoms with Crippen LogP contribution in [0.2, 0.25) is 0 Å². The number of aromatic nitrogens is 1. The first-order valence-electron chi connectivity index (χ1n) is 5.84. The molecule has 2 rings (SSSR count). The fourth-order valence-electron chi connectivity index (χ4n) is 2.03. The number of nitrogen functional groups attached to an aromatic ring is 1. The maximum atomic E-state index is 11.4. The van der Waals surface area contributed by atoms with Crippen molar-refractivity contribution in [1.29, 1.82) is 0 Å². The van der Waals surface area contributed by atoms with E-state index in [0.717, 1.165) is 18.8 Å². The first kappa shape index (κ1) is 13.3. The highest BCUT2D eigenvalue weighted by Gasteiger charge is 2.23. The molecule has 0 saturated carbocycles. The summed E-state index contributed by atoms with van der Waals surface area (Å²) < 4.78 is 24.3. The van der Waals surface area contributed by atoms with E-state index in [-0.39, 0.29) is 0 Å². The summed E-state index contributed by atoms with van der Waals surface area (Å²) in [4.78, 5) is 6.42. The van der Waals surface area contributed by atoms with Crippen molar-refractivity contribution in [2.24, 2.45) is 0 Å². The van der Waals surface area contributed by atoms with Crippen molar-refractivity contribution in [2.75, 3.05) is 38.2 Å². The predicted octanol–water partition coefficient (Wildman–Crippen LogP) is -0.259. The Balaban J connectivity index is 1.91. The molecule has 100 valence electrons. The number of pyridine rings is 1. The smallest absolute Gasteiger partial charge is 0.211 e. The normalized spacial score (nSPS) is 18.9. The number of nitrogens with two attached hydrogens (primary N) is 1. The van der Waals surface area contributed by atoms with Gasteiger partial charge < -0.3 is 5.73 Å². The Labute approximate surface area is 107 Å². The number of piperazine rings is 1. The lowest BCUT2D eigenvalue weighted by atomic mass is 10.3. The number of anilines is 1. The summed E-state index contributed by atoms with van der Waals surface area (Å²) in [5.74, 6) is 0.516. The molecule has 0 aromatic carbocycles. The van der Waals surface area contributed by atoms with E-state index in [2.05, 4.69) is 9.88 Å². The summed E-state index contributed by atoms with van der Waals surface area (Å²) in [6.45, 7) is 3.25. The zero-order valence-electron chi connectivity index (χ0n) is 10.4. The third-order valence-corrected chi connectivity index (χ3v) is 4.32. The van der Waals surface area contributed by atoms with Crippen molar-refractivity contribution in [3.8, 4) is 0 Å². The van der Waals surface area contributed by atoms with Crippen LogP contribution in [0.5, 0.6) is 0 Å². The molecular weight excluding hydrogens is 252 g/mol. The lowest BCUT2D eigenvalue weighted by molar-refractivity contribution is 0.180. The maximum Gasteiger partial charge on any atom is 0.211 e. The Bertz CT molecular complexity index is 510. The minimum absolute atomic E-state index is 0.516. The summed E-state index contributed by atoms with van der Waals surface area (Å²) in [6, 6.07) is 5.56. The van der Waals surface area contributed by atoms with Gasteiger partial charge in [0.2, 0.25) is 10.0 Å². The van der Waals surface area contributed by atoms with E-state index >= 15 is 0 Å². The van der Waals surface area contributed by atoms with Crippen LogP contribution in [0.25, 0.3) is 0 Å². The van der Waals surface area contributed by atoms with Crippen molar-refractivity contribution in [2.45, 2.75) is 6.54 Å². The highest BCUT2D eigenvalue weighted by Crippen LogP contribution is 2.10. The van der Waals surface area contributed by atoms with Crippen LogP contribution in [-0.4, -0.2) is 55.0 Å². The van der Waals surface area contributed by atoms with Gasteiger partial charge in [0.15, 0.2) is 0 Å². The Morgan fingerprint density at radius 3 is 2.50 bits per heavy atom. The molecule has 0 atom stereocenters. The maximum absolute atomic E-state index is 11.4. The minimum Gasteiger partial charge on any atom is -0.384 e. The van der Waals surface area contributed by atoms with Crippen LogP contribution >= 0.6 is 0 Å². The highest BCUT2D eigenvalue weighted by molar-refractivity contribution is 7.88. The van der Waals surface area contributed by atoms with Gasteiger partial charge in [0, 0.05) is 32.7 Å². The van der Waals surface area contributed by atoms with Crippen molar-refractivity contribution in [3.05, 3.63) is 23.9 Å². The van der Waals surface area contributed by atoms with Gasteiger partial charge >= 0.3 is 0 Å². The number of hydrogen-bond acceptors (Lipinski definition) is 5. The fourth-order valence-corrected chi connectivity index (χ4v) is 2.86. The molecule has 1 fully saturated rings. The Morgan fingerprint density at radius 2 is 1.94 bits per heavy atom. The van der Waals surface area contributed by atoms with Gasteiger partial charge in [-0.15, -0.1) is 0 Å². The predicted molar refractivity (Wildman–Crippen MR) is 70.3 cm³/mol. The van der Waals surface area contributed by atoms with Crippen LogP contribution in [0, 0.1) is 0 Å². The fraction of sp³-hybridized carbons (Fsp3) is 0.545. The summed E-state index contributed by atoms with van der Waals surface area (Å²) in [5, 5.41) is 0. The van der Waals surface area contributed by atoms with Crippen LogP contribution in [0.15, 0.2) is 18.2 Å². The molecule has 1 saturated heterocycles. The number of hydrogen-bond donors (Lipinski definition) is 1. The van der Waals surface area contributed by atoms with Gasteiger partial charge in [0.25, 0.3) is 0 Å². The number of nitrogens with zero attached hydrogens (tertiary/aromatic N) is 3. The van der Waals surface area contributed by atoms with E-state index < -0.39 is 10.0 Å². The quantitative estimate of drug-likeness (QED) is 0.818. The molecule has 0 spiro atoms. The highest BCUT2D eigenvalue weighted by atomic mass is 32.2. The topological polar surface area (TPSA) is 79.5 Å². The Morgan fingerprint density at radius 1 is 1.28 bits per heavy atom. The molecular formula is C11H18N4O2S. The van der Waals surface area contributed by atoms with Gasteiger partial charge in [0.05, 0.1) is 11.9 Å². The van der Waals surface area contributed by atoms with E-state index in [1.807, 2.05) is 12.1 Å². The molecule has 2 heterocycles. The van der Waals surface area contributed by atoms with E-state index in [1.54, 1.807) is 6.07 Å². The summed E-state index contributed by atoms with van der Waals surface area (Å²) in [6.07, 6.45) is 1.25. The third kappa shape index (κ3) is 3.41. The molecule has 0 amide bonds. The Kier molecular flexibility index (Phi) is 3.84. The molecule has 1 aliphatic heterocycles. The lowest BCUT2D eigenvalue weighted by Gasteiger charge is -2.32. The minimum atomic E-state index is -3.06. The molecule has 6 nitrogen and oxygen atoms in total. The Hall–Kier alpha value is -1.18. The summed E-state index contributed by atoms with van der Waals surface area (Å²) in [5.41, 5.74) is 6.54. The van der Waals surface area contributed by atoms with Crippen LogP contribution in [0.3, 0.4) is 0 Å². The lowest BCUT2D eigenvalue weighted by Crippen LogP contribution is -2.47. The molecule has 0 unspecified atom stereocenters. The molecule has 0 radical (unpaired) electrons. The SMILES string of the molecule is CS(=O)(=O)N1CCN(Cc2cccc(N)n2)CC1. The van der Waals surface area contributed by atoms with Gasteiger partial charge in [-0.25, -0.2) is 13.4 Å². The van der Waals surface area contributed by atoms with Gasteiger partial charge in [-0.2, -0.15) is 4.31 Å². The molecule has 0 bridgehead atoms. The van der Waals surface area contributed by atoms with Gasteiger partial charge in [0.1, 0.15) is 5.82 Å². The summed E-state index contributed by atoms with van der Waals surface area (Å²) in [7, 11) is -3.06. The van der Waals surface area contributed by atoms with Crippen LogP contribution in [-0.2, 0) is 16.6 Å². The average molecular weight is 270 g/mol. The van der Waals surface area contributed by atoms with Gasteiger partial charge in [-0.1, -0.05) is 6.07 Å². The van der Waals surface area contributed by atoms with Crippen molar-refractivity contribution in [1.82, 2.24) is 14.2 Å². The molecule has 1 aliphatic rings. The van der Waals surface area contributed by atoms with Crippen LogP contribution in [0.1, 0.15) is 5.69 Å². The second-order valence-electron chi connectivity index (χ2n) is 4.49. The number of rotatable bonds is 3. The average Bonchev–Trinajstić information content (AvgIpc) is 2.28. The molecule has 1 aromatic heterocycles. The van der Waals surface area contributed by atoms with E-state index in [0.29, 0.717) is 25.5 Å². The van der Waals surface area contributed by atoms with Crippen molar-refractivity contribution >= 4 is 15.8 Å². The van der Waals surface area contributed by atoms with Gasteiger partial charge in [-0.3, -0.25) is 4.90 Å². The summed E-state index contributed by atoms with van der Waals surface area (Å²) >= 11 is 0. The standard InChI is InChI=1S/C11H18N4O2S/c1-18(16,17)15-7-5-14(6-8-15)9-10-3-2-4-11(12)13-10/h2-4H,5-9H2,1H3,(H2,12,13). The second-order valence-corrected chi connectivity index (χ2v) is 6.47. The zero-order valence-corrected chi connectivity index (χ0v) is 11.2.